The Morgan fingerprint density at radius 2 is 1.85 bits per heavy atom. The number of aromatic nitrogens is 2. The van der Waals surface area contributed by atoms with Crippen LogP contribution in [0.4, 0.5) is 0 Å². The molecule has 0 saturated heterocycles. The molecule has 0 atom stereocenters. The molecule has 2 rings (SSSR count). The summed E-state index contributed by atoms with van der Waals surface area (Å²) in [4.78, 5) is 16.2. The van der Waals surface area contributed by atoms with E-state index >= 15 is 0 Å². The molecule has 1 amide bonds. The van der Waals surface area contributed by atoms with E-state index in [0.717, 1.165) is 29.5 Å². The first-order chi connectivity index (χ1) is 12.5. The molecule has 0 aliphatic carbocycles. The number of hydrogen-bond acceptors (Lipinski definition) is 3. The fourth-order valence-electron chi connectivity index (χ4n) is 2.66. The first-order valence-electron chi connectivity index (χ1n) is 8.78. The molecular weight excluding hydrogens is 455 g/mol. The highest BCUT2D eigenvalue weighted by atomic mass is 127. The topological polar surface area (TPSA) is 83.3 Å². The molecule has 0 bridgehead atoms. The molecule has 148 valence electrons. The van der Waals surface area contributed by atoms with E-state index in [1.165, 1.54) is 5.56 Å². The Hall–Kier alpha value is -2.10. The Labute approximate surface area is 178 Å². The van der Waals surface area contributed by atoms with Gasteiger partial charge in [-0.05, 0) is 38.5 Å². The fraction of sp³-hybridized carbons (Fsp3) is 0.421. The minimum atomic E-state index is -0.0859. The van der Waals surface area contributed by atoms with Gasteiger partial charge < -0.3 is 16.0 Å². The summed E-state index contributed by atoms with van der Waals surface area (Å²) in [7, 11) is 3.58. The number of nitrogens with zero attached hydrogens (tertiary/aromatic N) is 3. The van der Waals surface area contributed by atoms with Gasteiger partial charge in [0.15, 0.2) is 5.96 Å². The van der Waals surface area contributed by atoms with Crippen molar-refractivity contribution in [3.05, 3.63) is 52.3 Å². The van der Waals surface area contributed by atoms with Crippen molar-refractivity contribution in [2.24, 2.45) is 12.0 Å². The fourth-order valence-corrected chi connectivity index (χ4v) is 2.66. The number of carbonyl (C=O) groups is 1. The molecule has 0 saturated carbocycles. The van der Waals surface area contributed by atoms with Crippen molar-refractivity contribution in [2.45, 2.75) is 33.9 Å². The summed E-state index contributed by atoms with van der Waals surface area (Å²) in [6.45, 7) is 8.11. The Morgan fingerprint density at radius 1 is 1.19 bits per heavy atom. The van der Waals surface area contributed by atoms with E-state index in [2.05, 4.69) is 33.0 Å². The number of halogens is 1. The Balaban J connectivity index is 0.00000364. The van der Waals surface area contributed by atoms with Crippen LogP contribution in [0, 0.1) is 13.8 Å². The predicted molar refractivity (Wildman–Crippen MR) is 120 cm³/mol. The third-order valence-corrected chi connectivity index (χ3v) is 4.30. The number of aryl methyl sites for hydroxylation is 2. The van der Waals surface area contributed by atoms with E-state index in [1.54, 1.807) is 7.05 Å². The number of rotatable bonds is 6. The van der Waals surface area contributed by atoms with Crippen LogP contribution in [0.3, 0.4) is 0 Å². The number of aliphatic imine (C=N–C) groups is 1. The largest absolute Gasteiger partial charge is 0.357 e. The lowest BCUT2D eigenvalue weighted by atomic mass is 10.1. The zero-order chi connectivity index (χ0) is 19.1. The van der Waals surface area contributed by atoms with E-state index in [1.807, 2.05) is 49.8 Å². The summed E-state index contributed by atoms with van der Waals surface area (Å²) >= 11 is 0. The normalized spacial score (nSPS) is 10.9. The molecule has 7 nitrogen and oxygen atoms in total. The van der Waals surface area contributed by atoms with E-state index < -0.39 is 0 Å². The lowest BCUT2D eigenvalue weighted by Gasteiger charge is -2.12. The molecule has 0 unspecified atom stereocenters. The first-order valence-corrected chi connectivity index (χ1v) is 8.78. The van der Waals surface area contributed by atoms with Crippen molar-refractivity contribution in [3.63, 3.8) is 0 Å². The quantitative estimate of drug-likeness (QED) is 0.334. The number of nitrogens with one attached hydrogen (secondary N) is 3. The van der Waals surface area contributed by atoms with Gasteiger partial charge in [-0.15, -0.1) is 24.0 Å². The average Bonchev–Trinajstić information content (AvgIpc) is 2.89. The highest BCUT2D eigenvalue weighted by molar-refractivity contribution is 14.0. The van der Waals surface area contributed by atoms with Crippen molar-refractivity contribution in [1.82, 2.24) is 25.7 Å². The van der Waals surface area contributed by atoms with Gasteiger partial charge in [-0.2, -0.15) is 5.10 Å². The van der Waals surface area contributed by atoms with Crippen LogP contribution in [0.15, 0.2) is 29.3 Å². The van der Waals surface area contributed by atoms with Gasteiger partial charge in [-0.1, -0.05) is 12.1 Å². The lowest BCUT2D eigenvalue weighted by Crippen LogP contribution is -2.37. The van der Waals surface area contributed by atoms with Crippen LogP contribution in [0.5, 0.6) is 0 Å². The van der Waals surface area contributed by atoms with Gasteiger partial charge in [-0.3, -0.25) is 9.48 Å². The highest BCUT2D eigenvalue weighted by Crippen LogP contribution is 2.11. The van der Waals surface area contributed by atoms with Crippen molar-refractivity contribution in [3.8, 4) is 0 Å². The molecule has 0 aliphatic rings. The molecule has 1 heterocycles. The van der Waals surface area contributed by atoms with Gasteiger partial charge >= 0.3 is 0 Å². The minimum Gasteiger partial charge on any atom is -0.357 e. The van der Waals surface area contributed by atoms with E-state index in [-0.39, 0.29) is 29.9 Å². The van der Waals surface area contributed by atoms with Gasteiger partial charge in [0.2, 0.25) is 0 Å². The van der Waals surface area contributed by atoms with E-state index in [4.69, 9.17) is 0 Å². The van der Waals surface area contributed by atoms with Gasteiger partial charge in [0, 0.05) is 44.0 Å². The Bertz CT molecular complexity index is 782. The van der Waals surface area contributed by atoms with Crippen molar-refractivity contribution in [1.29, 1.82) is 0 Å². The lowest BCUT2D eigenvalue weighted by molar-refractivity contribution is 0.0963. The maximum absolute atomic E-state index is 11.6. The SMILES string of the molecule is CCNC(=NCc1ccc(C(=O)NC)cc1)NCc1c(C)nn(C)c1C.I. The summed E-state index contributed by atoms with van der Waals surface area (Å²) in [5.41, 5.74) is 5.05. The second-order valence-electron chi connectivity index (χ2n) is 6.10. The predicted octanol–water partition coefficient (Wildman–Crippen LogP) is 2.27. The van der Waals surface area contributed by atoms with E-state index in [0.29, 0.717) is 18.7 Å². The third-order valence-electron chi connectivity index (χ3n) is 4.30. The molecule has 0 radical (unpaired) electrons. The minimum absolute atomic E-state index is 0. The zero-order valence-corrected chi connectivity index (χ0v) is 18.9. The maximum Gasteiger partial charge on any atom is 0.251 e. The van der Waals surface area contributed by atoms with Crippen LogP contribution in [0.1, 0.15) is 39.8 Å². The molecule has 0 spiro atoms. The Kier molecular flexibility index (Phi) is 9.27. The van der Waals surface area contributed by atoms with Crippen LogP contribution in [-0.2, 0) is 20.1 Å². The number of carbonyl (C=O) groups excluding carboxylic acids is 1. The molecule has 27 heavy (non-hydrogen) atoms. The monoisotopic (exact) mass is 484 g/mol. The molecular formula is C19H29IN6O. The summed E-state index contributed by atoms with van der Waals surface area (Å²) < 4.78 is 1.89. The van der Waals surface area contributed by atoms with Crippen LogP contribution in [-0.4, -0.2) is 35.2 Å². The standard InChI is InChI=1S/C19H28N6O.HI/c1-6-21-19(23-12-17-13(2)24-25(5)14(17)3)22-11-15-7-9-16(10-8-15)18(26)20-4;/h7-10H,6,11-12H2,1-5H3,(H,20,26)(H2,21,22,23);1H. The van der Waals surface area contributed by atoms with Crippen LogP contribution < -0.4 is 16.0 Å². The molecule has 0 aliphatic heterocycles. The Morgan fingerprint density at radius 3 is 2.37 bits per heavy atom. The van der Waals surface area contributed by atoms with Crippen LogP contribution >= 0.6 is 24.0 Å². The molecule has 1 aromatic heterocycles. The molecule has 8 heteroatoms. The van der Waals surface area contributed by atoms with Crippen LogP contribution in [0.2, 0.25) is 0 Å². The van der Waals surface area contributed by atoms with Gasteiger partial charge in [0.25, 0.3) is 5.91 Å². The molecule has 2 aromatic rings. The summed E-state index contributed by atoms with van der Waals surface area (Å²) in [5, 5.41) is 13.7. The molecule has 3 N–H and O–H groups in total. The number of benzene rings is 1. The summed E-state index contributed by atoms with van der Waals surface area (Å²) in [5.74, 6) is 0.669. The van der Waals surface area contributed by atoms with Gasteiger partial charge in [-0.25, -0.2) is 4.99 Å². The average molecular weight is 484 g/mol. The number of amides is 1. The highest BCUT2D eigenvalue weighted by Gasteiger charge is 2.09. The zero-order valence-electron chi connectivity index (χ0n) is 16.6. The first kappa shape index (κ1) is 22.9. The second-order valence-corrected chi connectivity index (χ2v) is 6.10. The van der Waals surface area contributed by atoms with Gasteiger partial charge in [0.05, 0.1) is 12.2 Å². The van der Waals surface area contributed by atoms with Crippen molar-refractivity contribution in [2.75, 3.05) is 13.6 Å². The summed E-state index contributed by atoms with van der Waals surface area (Å²) in [6.07, 6.45) is 0. The third kappa shape index (κ3) is 6.23. The van der Waals surface area contributed by atoms with Crippen LogP contribution in [0.25, 0.3) is 0 Å². The van der Waals surface area contributed by atoms with Crippen molar-refractivity contribution >= 4 is 35.8 Å². The van der Waals surface area contributed by atoms with E-state index in [9.17, 15) is 4.79 Å². The summed E-state index contributed by atoms with van der Waals surface area (Å²) in [6, 6.07) is 7.47. The number of guanidine groups is 1. The second kappa shape index (κ2) is 10.9. The molecule has 0 fully saturated rings. The number of hydrogen-bond donors (Lipinski definition) is 3. The van der Waals surface area contributed by atoms with Gasteiger partial charge in [0.1, 0.15) is 0 Å². The van der Waals surface area contributed by atoms with Crippen molar-refractivity contribution < 1.29 is 4.79 Å². The maximum atomic E-state index is 11.6. The molecule has 1 aromatic carbocycles. The smallest absolute Gasteiger partial charge is 0.251 e.